The molecular weight excluding hydrogens is 240 g/mol. The smallest absolute Gasteiger partial charge is 0.191 e. The van der Waals surface area contributed by atoms with Gasteiger partial charge >= 0.3 is 0 Å². The monoisotopic (exact) mass is 256 g/mol. The van der Waals surface area contributed by atoms with Crippen LogP contribution >= 0.6 is 0 Å². The number of rotatable bonds is 3. The molecule has 0 amide bonds. The lowest BCUT2D eigenvalue weighted by atomic mass is 9.95. The summed E-state index contributed by atoms with van der Waals surface area (Å²) in [6.45, 7) is 4.45. The first-order valence-electron chi connectivity index (χ1n) is 6.48. The van der Waals surface area contributed by atoms with Gasteiger partial charge < -0.3 is 4.74 Å². The highest BCUT2D eigenvalue weighted by atomic mass is 16.5. The van der Waals surface area contributed by atoms with Crippen molar-refractivity contribution in [3.8, 4) is 5.75 Å². The Bertz CT molecular complexity index is 616. The van der Waals surface area contributed by atoms with Gasteiger partial charge in [-0.05, 0) is 26.0 Å². The van der Waals surface area contributed by atoms with Crippen LogP contribution in [0.15, 0.2) is 36.5 Å². The molecule has 1 aliphatic heterocycles. The molecule has 0 fully saturated rings. The van der Waals surface area contributed by atoms with Crippen LogP contribution in [0.25, 0.3) is 0 Å². The Hall–Kier alpha value is -2.10. The Morgan fingerprint density at radius 1 is 1.37 bits per heavy atom. The summed E-state index contributed by atoms with van der Waals surface area (Å²) in [5, 5.41) is 4.22. The Morgan fingerprint density at radius 2 is 2.16 bits per heavy atom. The summed E-state index contributed by atoms with van der Waals surface area (Å²) in [6, 6.07) is 9.68. The van der Waals surface area contributed by atoms with Crippen molar-refractivity contribution in [1.82, 2.24) is 9.78 Å². The normalized spacial score (nSPS) is 17.3. The molecule has 4 nitrogen and oxygen atoms in total. The molecule has 0 aliphatic carbocycles. The lowest BCUT2D eigenvalue weighted by Crippen LogP contribution is -2.19. The molecule has 0 spiro atoms. The van der Waals surface area contributed by atoms with Gasteiger partial charge in [-0.25, -0.2) is 0 Å². The van der Waals surface area contributed by atoms with E-state index < -0.39 is 0 Å². The summed E-state index contributed by atoms with van der Waals surface area (Å²) >= 11 is 0. The van der Waals surface area contributed by atoms with Crippen LogP contribution in [0.4, 0.5) is 0 Å². The number of nitrogens with zero attached hydrogens (tertiary/aromatic N) is 2. The van der Waals surface area contributed by atoms with Gasteiger partial charge in [-0.1, -0.05) is 18.2 Å². The molecule has 1 unspecified atom stereocenters. The SMILES string of the molecule is CC(C)n1nccc1C(=O)C1COc2ccccc21. The van der Waals surface area contributed by atoms with Crippen molar-refractivity contribution in [3.05, 3.63) is 47.8 Å². The number of ketones is 1. The fourth-order valence-corrected chi connectivity index (χ4v) is 2.48. The van der Waals surface area contributed by atoms with Gasteiger partial charge in [-0.15, -0.1) is 0 Å². The third-order valence-electron chi connectivity index (χ3n) is 3.43. The van der Waals surface area contributed by atoms with Crippen molar-refractivity contribution in [2.75, 3.05) is 6.61 Å². The maximum absolute atomic E-state index is 12.7. The third-order valence-corrected chi connectivity index (χ3v) is 3.43. The minimum atomic E-state index is -0.217. The Morgan fingerprint density at radius 3 is 2.95 bits per heavy atom. The molecule has 0 N–H and O–H groups in total. The highest BCUT2D eigenvalue weighted by Crippen LogP contribution is 2.35. The van der Waals surface area contributed by atoms with Crippen molar-refractivity contribution >= 4 is 5.78 Å². The molecule has 2 heterocycles. The molecule has 0 bridgehead atoms. The molecule has 1 aliphatic rings. The average molecular weight is 256 g/mol. The second-order valence-corrected chi connectivity index (χ2v) is 5.02. The molecule has 1 aromatic carbocycles. The van der Waals surface area contributed by atoms with Crippen molar-refractivity contribution in [2.45, 2.75) is 25.8 Å². The standard InChI is InChI=1S/C15H16N2O2/c1-10(2)17-13(7-8-16-17)15(18)12-9-19-14-6-4-3-5-11(12)14/h3-8,10,12H,9H2,1-2H3. The fraction of sp³-hybridized carbons (Fsp3) is 0.333. The molecule has 98 valence electrons. The number of aromatic nitrogens is 2. The minimum Gasteiger partial charge on any atom is -0.492 e. The van der Waals surface area contributed by atoms with Crippen LogP contribution in [-0.2, 0) is 0 Å². The lowest BCUT2D eigenvalue weighted by molar-refractivity contribution is 0.0935. The van der Waals surface area contributed by atoms with Crippen LogP contribution in [0, 0.1) is 0 Å². The second-order valence-electron chi connectivity index (χ2n) is 5.02. The number of fused-ring (bicyclic) bond motifs is 1. The second kappa shape index (κ2) is 4.53. The maximum atomic E-state index is 12.7. The number of para-hydroxylation sites is 1. The van der Waals surface area contributed by atoms with E-state index in [2.05, 4.69) is 5.10 Å². The summed E-state index contributed by atoms with van der Waals surface area (Å²) < 4.78 is 7.35. The molecule has 4 heteroatoms. The van der Waals surface area contributed by atoms with E-state index in [1.807, 2.05) is 38.1 Å². The van der Waals surface area contributed by atoms with E-state index in [1.54, 1.807) is 16.9 Å². The van der Waals surface area contributed by atoms with Crippen molar-refractivity contribution < 1.29 is 9.53 Å². The molecular formula is C15H16N2O2. The number of hydrogen-bond acceptors (Lipinski definition) is 3. The topological polar surface area (TPSA) is 44.1 Å². The van der Waals surface area contributed by atoms with E-state index >= 15 is 0 Å². The number of carbonyl (C=O) groups excluding carboxylic acids is 1. The highest BCUT2D eigenvalue weighted by molar-refractivity contribution is 6.00. The van der Waals surface area contributed by atoms with Crippen LogP contribution in [0.5, 0.6) is 5.75 Å². The summed E-state index contributed by atoms with van der Waals surface area (Å²) in [5.41, 5.74) is 1.63. The minimum absolute atomic E-state index is 0.0798. The predicted octanol–water partition coefficient (Wildman–Crippen LogP) is 2.82. The van der Waals surface area contributed by atoms with Gasteiger partial charge in [0.25, 0.3) is 0 Å². The van der Waals surface area contributed by atoms with Crippen molar-refractivity contribution in [3.63, 3.8) is 0 Å². The fourth-order valence-electron chi connectivity index (χ4n) is 2.48. The Labute approximate surface area is 112 Å². The summed E-state index contributed by atoms with van der Waals surface area (Å²) in [5.74, 6) is 0.679. The highest BCUT2D eigenvalue weighted by Gasteiger charge is 2.32. The molecule has 3 rings (SSSR count). The van der Waals surface area contributed by atoms with E-state index in [4.69, 9.17) is 4.74 Å². The van der Waals surface area contributed by atoms with Crippen molar-refractivity contribution in [1.29, 1.82) is 0 Å². The first-order chi connectivity index (χ1) is 9.18. The Kier molecular flexibility index (Phi) is 2.85. The number of hydrogen-bond donors (Lipinski definition) is 0. The largest absolute Gasteiger partial charge is 0.492 e. The molecule has 1 aromatic heterocycles. The number of benzene rings is 1. The van der Waals surface area contributed by atoms with E-state index in [-0.39, 0.29) is 17.7 Å². The van der Waals surface area contributed by atoms with Gasteiger partial charge in [0.2, 0.25) is 0 Å². The first-order valence-corrected chi connectivity index (χ1v) is 6.48. The summed E-state index contributed by atoms with van der Waals surface area (Å²) in [7, 11) is 0. The third kappa shape index (κ3) is 1.93. The van der Waals surface area contributed by atoms with Crippen molar-refractivity contribution in [2.24, 2.45) is 0 Å². The van der Waals surface area contributed by atoms with Crippen LogP contribution in [0.2, 0.25) is 0 Å². The average Bonchev–Trinajstić information content (AvgIpc) is 3.05. The molecule has 1 atom stereocenters. The van der Waals surface area contributed by atoms with Crippen LogP contribution < -0.4 is 4.74 Å². The van der Waals surface area contributed by atoms with E-state index in [0.717, 1.165) is 11.3 Å². The van der Waals surface area contributed by atoms with E-state index in [1.165, 1.54) is 0 Å². The van der Waals surface area contributed by atoms with Crippen LogP contribution in [0.1, 0.15) is 41.9 Å². The zero-order valence-corrected chi connectivity index (χ0v) is 11.0. The van der Waals surface area contributed by atoms with Crippen LogP contribution in [0.3, 0.4) is 0 Å². The maximum Gasteiger partial charge on any atom is 0.191 e. The lowest BCUT2D eigenvalue weighted by Gasteiger charge is -2.13. The van der Waals surface area contributed by atoms with Gasteiger partial charge in [0.15, 0.2) is 5.78 Å². The van der Waals surface area contributed by atoms with Gasteiger partial charge in [0.05, 0.1) is 5.92 Å². The van der Waals surface area contributed by atoms with Gasteiger partial charge in [0.1, 0.15) is 18.1 Å². The number of carbonyl (C=O) groups is 1. The number of Topliss-reactive ketones (excluding diaryl/α,β-unsaturated/α-hetero) is 1. The van der Waals surface area contributed by atoms with Gasteiger partial charge in [-0.2, -0.15) is 5.10 Å². The quantitative estimate of drug-likeness (QED) is 0.793. The van der Waals surface area contributed by atoms with Gasteiger partial charge in [-0.3, -0.25) is 9.48 Å². The number of ether oxygens (including phenoxy) is 1. The van der Waals surface area contributed by atoms with E-state index in [0.29, 0.717) is 12.3 Å². The first kappa shape index (κ1) is 12.0. The Balaban J connectivity index is 1.96. The summed E-state index contributed by atoms with van der Waals surface area (Å²) in [4.78, 5) is 12.7. The molecule has 0 saturated heterocycles. The predicted molar refractivity (Wildman–Crippen MR) is 71.6 cm³/mol. The molecule has 0 saturated carbocycles. The zero-order valence-electron chi connectivity index (χ0n) is 11.0. The zero-order chi connectivity index (χ0) is 13.4. The van der Waals surface area contributed by atoms with Crippen LogP contribution in [-0.4, -0.2) is 22.2 Å². The molecule has 2 aromatic rings. The van der Waals surface area contributed by atoms with Gasteiger partial charge in [0, 0.05) is 17.8 Å². The molecule has 0 radical (unpaired) electrons. The summed E-state index contributed by atoms with van der Waals surface area (Å²) in [6.07, 6.45) is 1.68. The molecule has 19 heavy (non-hydrogen) atoms. The van der Waals surface area contributed by atoms with E-state index in [9.17, 15) is 4.79 Å².